The molecular weight excluding hydrogens is 430 g/mol. The van der Waals surface area contributed by atoms with Crippen molar-refractivity contribution in [2.45, 2.75) is 4.90 Å². The highest BCUT2D eigenvalue weighted by atomic mass is 32.2. The van der Waals surface area contributed by atoms with Gasteiger partial charge in [0.2, 0.25) is 0 Å². The van der Waals surface area contributed by atoms with Gasteiger partial charge < -0.3 is 20.9 Å². The number of nitrogens with two attached hydrogens (primary N) is 2. The number of aromatic nitrogens is 3. The summed E-state index contributed by atoms with van der Waals surface area (Å²) in [6.45, 7) is 0. The van der Waals surface area contributed by atoms with E-state index < -0.39 is 11.0 Å². The van der Waals surface area contributed by atoms with E-state index in [2.05, 4.69) is 19.8 Å². The van der Waals surface area contributed by atoms with Gasteiger partial charge in [-0.25, -0.2) is 9.19 Å². The molecule has 11 heteroatoms. The second kappa shape index (κ2) is 9.96. The Morgan fingerprint density at radius 1 is 1.25 bits per heavy atom. The molecule has 3 aromatic rings. The molecule has 0 radical (unpaired) electrons. The quantitative estimate of drug-likeness (QED) is 0.442. The molecule has 2 heterocycles. The molecule has 0 spiro atoms. The summed E-state index contributed by atoms with van der Waals surface area (Å²) in [6.07, 6.45) is 7.89. The molecule has 0 saturated carbocycles. The minimum absolute atomic E-state index is 0.310. The van der Waals surface area contributed by atoms with E-state index in [4.69, 9.17) is 20.9 Å². The van der Waals surface area contributed by atoms with Gasteiger partial charge >= 0.3 is 0 Å². The van der Waals surface area contributed by atoms with E-state index in [0.29, 0.717) is 44.6 Å². The van der Waals surface area contributed by atoms with Crippen LogP contribution in [0, 0.1) is 0 Å². The third kappa shape index (κ3) is 4.72. The Morgan fingerprint density at radius 2 is 2.03 bits per heavy atom. The van der Waals surface area contributed by atoms with E-state index in [1.165, 1.54) is 26.6 Å². The van der Waals surface area contributed by atoms with Crippen molar-refractivity contribution < 1.29 is 13.7 Å². The van der Waals surface area contributed by atoms with Crippen LogP contribution in [0.4, 0.5) is 11.5 Å². The number of benzene rings is 1. The van der Waals surface area contributed by atoms with Crippen LogP contribution in [-0.2, 0) is 18.0 Å². The lowest BCUT2D eigenvalue weighted by Gasteiger charge is -2.17. The van der Waals surface area contributed by atoms with Crippen molar-refractivity contribution in [3.05, 3.63) is 48.6 Å². The van der Waals surface area contributed by atoms with Crippen molar-refractivity contribution in [1.29, 1.82) is 0 Å². The van der Waals surface area contributed by atoms with Crippen molar-refractivity contribution in [2.24, 2.45) is 17.8 Å². The topological polar surface area (TPSA) is 143 Å². The van der Waals surface area contributed by atoms with E-state index in [1.807, 2.05) is 6.07 Å². The van der Waals surface area contributed by atoms with E-state index in [-0.39, 0.29) is 0 Å². The van der Waals surface area contributed by atoms with Gasteiger partial charge in [-0.1, -0.05) is 0 Å². The highest BCUT2D eigenvalue weighted by Crippen LogP contribution is 2.41. The van der Waals surface area contributed by atoms with Crippen molar-refractivity contribution in [3.63, 3.8) is 0 Å². The van der Waals surface area contributed by atoms with Crippen LogP contribution >= 0.6 is 0 Å². The molecule has 10 nitrogen and oxygen atoms in total. The van der Waals surface area contributed by atoms with E-state index in [9.17, 15) is 4.21 Å². The van der Waals surface area contributed by atoms with E-state index in [1.54, 1.807) is 49.5 Å². The molecule has 32 heavy (non-hydrogen) atoms. The monoisotopic (exact) mass is 455 g/mol. The van der Waals surface area contributed by atoms with Crippen LogP contribution in [0.5, 0.6) is 11.5 Å². The predicted octanol–water partition coefficient (Wildman–Crippen LogP) is 2.22. The number of hydrogen-bond donors (Lipinski definition) is 3. The molecule has 168 valence electrons. The number of methoxy groups -OCH3 is 2. The number of ether oxygens (including phenoxy) is 2. The summed E-state index contributed by atoms with van der Waals surface area (Å²) < 4.78 is 28.4. The first-order chi connectivity index (χ1) is 15.4. The van der Waals surface area contributed by atoms with Gasteiger partial charge in [0.15, 0.2) is 22.5 Å². The number of rotatable bonds is 8. The van der Waals surface area contributed by atoms with Crippen LogP contribution in [0.2, 0.25) is 0 Å². The maximum absolute atomic E-state index is 12.8. The van der Waals surface area contributed by atoms with Crippen LogP contribution in [0.25, 0.3) is 16.7 Å². The Kier molecular flexibility index (Phi) is 7.11. The standard InChI is InChI=1S/C21H25N7O3S/c1-24-9-15(8-22)14-5-17(21(23)25-10-14)13-6-18(20(31-4)19(7-13)30-3)27-32(29)16-11-26-28(2)12-16/h5-12,27H,22H2,1-4H3,(H2,23,25)/b15-8+,24-9?. The fourth-order valence-electron chi connectivity index (χ4n) is 3.07. The summed E-state index contributed by atoms with van der Waals surface area (Å²) in [4.78, 5) is 8.83. The molecule has 0 aliphatic carbocycles. The highest BCUT2D eigenvalue weighted by Gasteiger charge is 2.18. The number of aliphatic imine (C=N–C) groups is 1. The van der Waals surface area contributed by atoms with Gasteiger partial charge in [0.1, 0.15) is 5.82 Å². The molecule has 3 rings (SSSR count). The molecule has 1 atom stereocenters. The molecule has 0 aliphatic rings. The summed E-state index contributed by atoms with van der Waals surface area (Å²) in [5, 5.41) is 4.06. The highest BCUT2D eigenvalue weighted by molar-refractivity contribution is 7.86. The number of allylic oxidation sites excluding steroid dienone is 1. The third-order valence-electron chi connectivity index (χ3n) is 4.59. The average molecular weight is 456 g/mol. The van der Waals surface area contributed by atoms with Gasteiger partial charge in [-0.05, 0) is 23.8 Å². The minimum atomic E-state index is -1.58. The fourth-order valence-corrected chi connectivity index (χ4v) is 3.93. The number of nitrogen functional groups attached to an aromatic ring is 1. The number of anilines is 2. The maximum atomic E-state index is 12.8. The Hall–Kier alpha value is -3.86. The molecule has 1 aromatic carbocycles. The van der Waals surface area contributed by atoms with Crippen molar-refractivity contribution >= 4 is 34.3 Å². The zero-order chi connectivity index (χ0) is 23.3. The molecule has 5 N–H and O–H groups in total. The lowest BCUT2D eigenvalue weighted by Crippen LogP contribution is -2.07. The number of nitrogens with one attached hydrogen (secondary N) is 1. The van der Waals surface area contributed by atoms with Gasteiger partial charge in [0, 0.05) is 55.6 Å². The predicted molar refractivity (Wildman–Crippen MR) is 127 cm³/mol. The number of nitrogens with zero attached hydrogens (tertiary/aromatic N) is 4. The Balaban J connectivity index is 2.11. The van der Waals surface area contributed by atoms with Crippen LogP contribution < -0.4 is 25.7 Å². The number of pyridine rings is 1. The lowest BCUT2D eigenvalue weighted by molar-refractivity contribution is 0.356. The van der Waals surface area contributed by atoms with Gasteiger partial charge in [0.05, 0.1) is 31.0 Å². The minimum Gasteiger partial charge on any atom is -0.493 e. The normalized spacial score (nSPS) is 12.7. The van der Waals surface area contributed by atoms with Gasteiger partial charge in [-0.3, -0.25) is 14.4 Å². The van der Waals surface area contributed by atoms with Gasteiger partial charge in [0.25, 0.3) is 0 Å². The Morgan fingerprint density at radius 3 is 2.62 bits per heavy atom. The second-order valence-electron chi connectivity index (χ2n) is 6.65. The maximum Gasteiger partial charge on any atom is 0.184 e. The summed E-state index contributed by atoms with van der Waals surface area (Å²) in [5.74, 6) is 1.15. The van der Waals surface area contributed by atoms with Crippen LogP contribution in [-0.4, -0.2) is 46.5 Å². The third-order valence-corrected chi connectivity index (χ3v) is 5.63. The average Bonchev–Trinajstić information content (AvgIpc) is 3.23. The van der Waals surface area contributed by atoms with Gasteiger partial charge in [-0.15, -0.1) is 0 Å². The van der Waals surface area contributed by atoms with E-state index in [0.717, 1.165) is 5.56 Å². The van der Waals surface area contributed by atoms with E-state index >= 15 is 0 Å². The molecule has 2 aromatic heterocycles. The first-order valence-electron chi connectivity index (χ1n) is 9.45. The molecule has 0 fully saturated rings. The van der Waals surface area contributed by atoms with Crippen molar-refractivity contribution in [2.75, 3.05) is 31.7 Å². The molecule has 0 amide bonds. The molecule has 1 unspecified atom stereocenters. The summed E-state index contributed by atoms with van der Waals surface area (Å²) >= 11 is 0. The lowest BCUT2D eigenvalue weighted by atomic mass is 10.0. The zero-order valence-electron chi connectivity index (χ0n) is 18.2. The molecule has 0 bridgehead atoms. The van der Waals surface area contributed by atoms with Crippen molar-refractivity contribution in [1.82, 2.24) is 14.8 Å². The molecular formula is C21H25N7O3S. The Bertz CT molecular complexity index is 1200. The molecule has 0 saturated heterocycles. The summed E-state index contributed by atoms with van der Waals surface area (Å²) in [6, 6.07) is 5.40. The SMILES string of the molecule is CN=C/C(=C\N)c1cnc(N)c(-c2cc(NS(=O)c3cnn(C)c3)c(OC)c(OC)c2)c1. The number of aryl methyl sites for hydroxylation is 1. The van der Waals surface area contributed by atoms with Crippen LogP contribution in [0.3, 0.4) is 0 Å². The second-order valence-corrected chi connectivity index (χ2v) is 7.86. The van der Waals surface area contributed by atoms with Crippen molar-refractivity contribution in [3.8, 4) is 22.6 Å². The van der Waals surface area contributed by atoms with Crippen LogP contribution in [0.15, 0.2) is 52.9 Å². The summed E-state index contributed by atoms with van der Waals surface area (Å²) in [5.41, 5.74) is 15.1. The zero-order valence-corrected chi connectivity index (χ0v) is 19.0. The number of hydrogen-bond acceptors (Lipinski definition) is 8. The fraction of sp³-hybridized carbons (Fsp3) is 0.190. The smallest absolute Gasteiger partial charge is 0.184 e. The molecule has 0 aliphatic heterocycles. The summed E-state index contributed by atoms with van der Waals surface area (Å²) in [7, 11) is 4.86. The van der Waals surface area contributed by atoms with Crippen LogP contribution in [0.1, 0.15) is 5.56 Å². The van der Waals surface area contributed by atoms with Gasteiger partial charge in [-0.2, -0.15) is 5.10 Å². The first-order valence-corrected chi connectivity index (χ1v) is 10.6. The first kappa shape index (κ1) is 22.8. The largest absolute Gasteiger partial charge is 0.493 e. The Labute approximate surface area is 188 Å².